The van der Waals surface area contributed by atoms with Crippen molar-refractivity contribution >= 4 is 13.3 Å². The van der Waals surface area contributed by atoms with Gasteiger partial charge in [-0.3, -0.25) is 0 Å². The van der Waals surface area contributed by atoms with Gasteiger partial charge in [-0.15, -0.1) is 0 Å². The molecule has 2 N–H and O–H groups in total. The molecule has 0 aromatic heterocycles. The predicted molar refractivity (Wildman–Crippen MR) is 51.4 cm³/mol. The molecule has 76 valence electrons. The Bertz CT molecular complexity index is 279. The molecular weight excluding hydrogens is 186 g/mol. The van der Waals surface area contributed by atoms with Gasteiger partial charge < -0.3 is 11.0 Å². The van der Waals surface area contributed by atoms with Gasteiger partial charge in [0.1, 0.15) is 0 Å². The van der Waals surface area contributed by atoms with E-state index in [9.17, 15) is 4.39 Å². The van der Waals surface area contributed by atoms with Crippen LogP contribution in [0.1, 0.15) is 13.8 Å². The molecule has 14 heavy (non-hydrogen) atoms. The van der Waals surface area contributed by atoms with E-state index < -0.39 is 5.82 Å². The summed E-state index contributed by atoms with van der Waals surface area (Å²) in [4.78, 5) is 0. The van der Waals surface area contributed by atoms with Crippen LogP contribution in [0.15, 0.2) is 18.2 Å². The van der Waals surface area contributed by atoms with E-state index in [2.05, 4.69) is 0 Å². The van der Waals surface area contributed by atoms with E-state index in [1.165, 1.54) is 12.1 Å². The van der Waals surface area contributed by atoms with Gasteiger partial charge in [-0.05, 0) is 0 Å². The maximum Gasteiger partial charge on any atom is -0.870 e. The Labute approximate surface area is 83.9 Å². The number of rotatable bonds is 2. The normalized spacial score (nSPS) is 9.00. The molecule has 5 heteroatoms. The minimum Gasteiger partial charge on any atom is -0.870 e. The molecule has 0 spiro atoms. The molecule has 0 aliphatic heterocycles. The van der Waals surface area contributed by atoms with Crippen LogP contribution >= 0.6 is 0 Å². The number of halogens is 1. The number of hydrogen-bond acceptors (Lipinski definition) is 3. The number of ether oxygens (including phenoxy) is 1. The van der Waals surface area contributed by atoms with Gasteiger partial charge in [0, 0.05) is 0 Å². The van der Waals surface area contributed by atoms with Crippen molar-refractivity contribution in [2.75, 3.05) is 0 Å². The van der Waals surface area contributed by atoms with Crippen molar-refractivity contribution in [3.63, 3.8) is 0 Å². The third-order valence-corrected chi connectivity index (χ3v) is 1.32. The van der Waals surface area contributed by atoms with Gasteiger partial charge in [-0.2, -0.15) is 0 Å². The molecule has 1 rings (SSSR count). The molecule has 1 aromatic rings. The van der Waals surface area contributed by atoms with Crippen molar-refractivity contribution in [1.82, 2.24) is 0 Å². The van der Waals surface area contributed by atoms with E-state index in [1.54, 1.807) is 6.07 Å². The van der Waals surface area contributed by atoms with Gasteiger partial charge in [-0.25, -0.2) is 0 Å². The summed E-state index contributed by atoms with van der Waals surface area (Å²) in [5.41, 5.74) is 0.406. The number of benzene rings is 1. The first kappa shape index (κ1) is 15.4. The van der Waals surface area contributed by atoms with Crippen LogP contribution in [0, 0.1) is 5.82 Å². The molecule has 0 aliphatic rings. The summed E-state index contributed by atoms with van der Waals surface area (Å²) in [7, 11) is 5.36. The molecule has 3 nitrogen and oxygen atoms in total. The molecule has 0 fully saturated rings. The largest absolute Gasteiger partial charge is 0.870 e. The molecule has 0 radical (unpaired) electrons. The van der Waals surface area contributed by atoms with E-state index in [1.807, 2.05) is 13.8 Å². The first-order valence-corrected chi connectivity index (χ1v) is 3.81. The Balaban J connectivity index is 0. The number of hydrogen-bond donors (Lipinski definition) is 0. The van der Waals surface area contributed by atoms with Crippen molar-refractivity contribution in [1.29, 1.82) is 0 Å². The van der Waals surface area contributed by atoms with Crippen LogP contribution in [0.25, 0.3) is 0 Å². The second-order valence-electron chi connectivity index (χ2n) is 2.86. The minimum absolute atomic E-state index is 0. The summed E-state index contributed by atoms with van der Waals surface area (Å²) in [6, 6.07) is 4.39. The summed E-state index contributed by atoms with van der Waals surface area (Å²) in [5, 5.41) is 0. The third-order valence-electron chi connectivity index (χ3n) is 1.32. The fraction of sp³-hybridized carbons (Fsp3) is 0.333. The van der Waals surface area contributed by atoms with E-state index in [-0.39, 0.29) is 22.8 Å². The van der Waals surface area contributed by atoms with Crippen LogP contribution in [0.4, 0.5) is 4.39 Å². The molecule has 0 bridgehead atoms. The first-order chi connectivity index (χ1) is 5.59. The van der Waals surface area contributed by atoms with Gasteiger partial charge in [-0.1, -0.05) is 0 Å². The monoisotopic (exact) mass is 198 g/mol. The minimum atomic E-state index is -0.413. The van der Waals surface area contributed by atoms with Crippen LogP contribution in [0.3, 0.4) is 0 Å². The van der Waals surface area contributed by atoms with Gasteiger partial charge in [0.2, 0.25) is 0 Å². The summed E-state index contributed by atoms with van der Waals surface area (Å²) in [6.45, 7) is 3.69. The van der Waals surface area contributed by atoms with Crippen molar-refractivity contribution < 1.29 is 20.1 Å². The average molecular weight is 198 g/mol. The summed E-state index contributed by atoms with van der Waals surface area (Å²) in [5.74, 6) is -0.164. The predicted octanol–water partition coefficient (Wildman–Crippen LogP) is 1.05. The quantitative estimate of drug-likeness (QED) is 0.666. The zero-order valence-corrected chi connectivity index (χ0v) is 8.07. The van der Waals surface area contributed by atoms with E-state index in [0.717, 1.165) is 0 Å². The third kappa shape index (κ3) is 4.25. The molecule has 0 aliphatic carbocycles. The van der Waals surface area contributed by atoms with E-state index >= 15 is 0 Å². The van der Waals surface area contributed by atoms with Crippen LogP contribution in [0.5, 0.6) is 5.75 Å². The van der Waals surface area contributed by atoms with Gasteiger partial charge in [0.25, 0.3) is 0 Å². The molecule has 1 aromatic carbocycles. The van der Waals surface area contributed by atoms with Gasteiger partial charge in [0.15, 0.2) is 0 Å². The Kier molecular flexibility index (Phi) is 7.04. The smallest absolute Gasteiger partial charge is 0.870 e. The summed E-state index contributed by atoms with van der Waals surface area (Å²) in [6.07, 6.45) is -0.0249. The zero-order valence-electron chi connectivity index (χ0n) is 8.07. The Morgan fingerprint density at radius 3 is 2.29 bits per heavy atom. The zero-order chi connectivity index (χ0) is 9.14. The van der Waals surface area contributed by atoms with Gasteiger partial charge >= 0.3 is 72.2 Å². The summed E-state index contributed by atoms with van der Waals surface area (Å²) < 4.78 is 18.2. The molecule has 0 saturated heterocycles. The molecule has 0 saturated carbocycles. The SMILES string of the molecule is [B+2]c1ccc(OC(C)C)c(F)c1.[OH-].[OH-]. The molecule has 0 atom stereocenters. The average Bonchev–Trinajstić information content (AvgIpc) is 1.94. The maximum absolute atomic E-state index is 13.0. The fourth-order valence-electron chi connectivity index (χ4n) is 0.867. The van der Waals surface area contributed by atoms with Crippen LogP contribution < -0.4 is 10.2 Å². The van der Waals surface area contributed by atoms with Gasteiger partial charge in [0.05, 0.1) is 0 Å². The van der Waals surface area contributed by atoms with E-state index in [4.69, 9.17) is 12.6 Å². The molecule has 0 heterocycles. The van der Waals surface area contributed by atoms with Crippen molar-refractivity contribution in [2.45, 2.75) is 20.0 Å². The first-order valence-electron chi connectivity index (χ1n) is 3.81. The second-order valence-corrected chi connectivity index (χ2v) is 2.86. The van der Waals surface area contributed by atoms with Crippen LogP contribution in [0.2, 0.25) is 0 Å². The Hall–Kier alpha value is -1.07. The van der Waals surface area contributed by atoms with Crippen molar-refractivity contribution in [2.24, 2.45) is 0 Å². The molecule has 0 amide bonds. The fourth-order valence-corrected chi connectivity index (χ4v) is 0.867. The standard InChI is InChI=1S/C9H10BFO.2H2O/c1-6(2)12-9-4-3-7(10)5-8(9)11;;/h3-6H,1-2H3;2*1H2/q+2;;/p-2. The van der Waals surface area contributed by atoms with E-state index in [0.29, 0.717) is 5.46 Å². The molecular formula is C9H12BFO3. The molecule has 0 unspecified atom stereocenters. The second kappa shape index (κ2) is 6.40. The Morgan fingerprint density at radius 1 is 1.29 bits per heavy atom. The van der Waals surface area contributed by atoms with Crippen molar-refractivity contribution in [3.8, 4) is 5.75 Å². The van der Waals surface area contributed by atoms with Crippen LogP contribution in [-0.4, -0.2) is 24.9 Å². The van der Waals surface area contributed by atoms with Crippen LogP contribution in [-0.2, 0) is 0 Å². The van der Waals surface area contributed by atoms with Crippen molar-refractivity contribution in [3.05, 3.63) is 24.0 Å². The maximum atomic E-state index is 13.0. The topological polar surface area (TPSA) is 69.2 Å². The Morgan fingerprint density at radius 2 is 1.86 bits per heavy atom. The summed E-state index contributed by atoms with van der Waals surface area (Å²) >= 11 is 0.